The van der Waals surface area contributed by atoms with Gasteiger partial charge >= 0.3 is 0 Å². The number of ether oxygens (including phenoxy) is 1. The number of amides is 1. The first-order valence-electron chi connectivity index (χ1n) is 10.0. The molecule has 0 saturated carbocycles. The highest BCUT2D eigenvalue weighted by atomic mass is 35.5. The molecule has 1 atom stereocenters. The lowest BCUT2D eigenvalue weighted by Crippen LogP contribution is -2.31. The fourth-order valence-electron chi connectivity index (χ4n) is 3.24. The topological polar surface area (TPSA) is 121 Å². The number of rotatable bonds is 9. The van der Waals surface area contributed by atoms with Crippen LogP contribution in [0.1, 0.15) is 0 Å². The van der Waals surface area contributed by atoms with Crippen molar-refractivity contribution in [1.29, 1.82) is 0 Å². The van der Waals surface area contributed by atoms with Crippen LogP contribution in [0, 0.1) is 0 Å². The Morgan fingerprint density at radius 2 is 2.00 bits per heavy atom. The minimum absolute atomic E-state index is 0.246. The number of hydrogen-bond donors (Lipinski definition) is 2. The molecule has 34 heavy (non-hydrogen) atoms. The predicted molar refractivity (Wildman–Crippen MR) is 131 cm³/mol. The van der Waals surface area contributed by atoms with E-state index in [-0.39, 0.29) is 6.54 Å². The number of hydrogen-bond acceptors (Lipinski definition) is 7. The third kappa shape index (κ3) is 6.03. The molecular weight excluding hydrogens is 501 g/mol. The zero-order valence-electron chi connectivity index (χ0n) is 17.5. The van der Waals surface area contributed by atoms with Gasteiger partial charge in [0, 0.05) is 30.0 Å². The van der Waals surface area contributed by atoms with E-state index in [0.29, 0.717) is 45.1 Å². The summed E-state index contributed by atoms with van der Waals surface area (Å²) in [6.07, 6.45) is 3.26. The van der Waals surface area contributed by atoms with Crippen molar-refractivity contribution >= 4 is 62.7 Å². The average Bonchev–Trinajstić information content (AvgIpc) is 3.19. The van der Waals surface area contributed by atoms with Gasteiger partial charge in [0.15, 0.2) is 5.82 Å². The Balaban J connectivity index is 1.49. The van der Waals surface area contributed by atoms with Crippen LogP contribution < -0.4 is 15.4 Å². The Morgan fingerprint density at radius 1 is 1.15 bits per heavy atom. The van der Waals surface area contributed by atoms with E-state index in [0.717, 1.165) is 5.52 Å². The monoisotopic (exact) mass is 518 g/mol. The van der Waals surface area contributed by atoms with E-state index >= 15 is 0 Å². The van der Waals surface area contributed by atoms with Gasteiger partial charge in [0.25, 0.3) is 0 Å². The highest BCUT2D eigenvalue weighted by Gasteiger charge is 2.12. The molecule has 0 aliphatic rings. The Hall–Kier alpha value is -3.18. The Bertz CT molecular complexity index is 1360. The second-order valence-electron chi connectivity index (χ2n) is 7.09. The maximum atomic E-state index is 11.6. The predicted octanol–water partition coefficient (Wildman–Crippen LogP) is 4.27. The standard InChI is InChI=1S/C22H19Cl2N5O4S/c23-14-2-1-3-16(10-14)33-19-5-4-15(11-17(19)24)28-22-21-18(26-13-27-22)6-8-29(21)9-7-25-20(30)12-34(31)32/h1-6,8,10-11,13H,7,9,12H2,(H,25,30)(H,31,32)(H,26,27,28)/p-1. The number of nitrogens with one attached hydrogen (secondary N) is 2. The summed E-state index contributed by atoms with van der Waals surface area (Å²) in [4.78, 5) is 20.2. The first-order chi connectivity index (χ1) is 16.4. The van der Waals surface area contributed by atoms with Crippen molar-refractivity contribution in [2.75, 3.05) is 17.6 Å². The summed E-state index contributed by atoms with van der Waals surface area (Å²) >= 11 is 10.0. The second kappa shape index (κ2) is 10.8. The highest BCUT2D eigenvalue weighted by Crippen LogP contribution is 2.34. The van der Waals surface area contributed by atoms with Gasteiger partial charge in [-0.3, -0.25) is 9.00 Å². The summed E-state index contributed by atoms with van der Waals surface area (Å²) in [7, 11) is 0. The van der Waals surface area contributed by atoms with Crippen molar-refractivity contribution in [3.05, 3.63) is 71.1 Å². The van der Waals surface area contributed by atoms with Gasteiger partial charge in [-0.1, -0.05) is 29.3 Å². The number of nitrogens with zero attached hydrogens (tertiary/aromatic N) is 3. The normalized spacial score (nSPS) is 11.9. The summed E-state index contributed by atoms with van der Waals surface area (Å²) in [6.45, 7) is 0.644. The fraction of sp³-hybridized carbons (Fsp3) is 0.136. The lowest BCUT2D eigenvalue weighted by molar-refractivity contribution is -0.118. The first kappa shape index (κ1) is 24.0. The molecule has 0 fully saturated rings. The molecule has 0 aliphatic carbocycles. The van der Waals surface area contributed by atoms with E-state index in [4.69, 9.17) is 27.9 Å². The molecule has 2 heterocycles. The quantitative estimate of drug-likeness (QED) is 0.317. The molecule has 0 aliphatic heterocycles. The zero-order chi connectivity index (χ0) is 24.1. The minimum Gasteiger partial charge on any atom is -0.772 e. The molecular formula is C22H18Cl2N5O4S-. The molecule has 0 bridgehead atoms. The molecule has 9 nitrogen and oxygen atoms in total. The summed E-state index contributed by atoms with van der Waals surface area (Å²) < 4.78 is 28.9. The number of carbonyl (C=O) groups excluding carboxylic acids is 1. The number of halogens is 2. The van der Waals surface area contributed by atoms with Crippen molar-refractivity contribution in [1.82, 2.24) is 19.9 Å². The van der Waals surface area contributed by atoms with Crippen molar-refractivity contribution in [2.24, 2.45) is 0 Å². The van der Waals surface area contributed by atoms with Crippen LogP contribution in [0.25, 0.3) is 11.0 Å². The van der Waals surface area contributed by atoms with Crippen molar-refractivity contribution in [2.45, 2.75) is 6.54 Å². The molecule has 0 radical (unpaired) electrons. The molecule has 176 valence electrons. The third-order valence-corrected chi connectivity index (χ3v) is 5.72. The molecule has 1 amide bonds. The van der Waals surface area contributed by atoms with Crippen LogP contribution in [0.3, 0.4) is 0 Å². The molecule has 1 unspecified atom stereocenters. The Labute approximate surface area is 207 Å². The SMILES string of the molecule is O=C(CS(=O)[O-])NCCn1ccc2ncnc(Nc3ccc(Oc4cccc(Cl)c4)c(Cl)c3)c21. The van der Waals surface area contributed by atoms with Crippen molar-refractivity contribution < 1.29 is 18.3 Å². The van der Waals surface area contributed by atoms with E-state index in [1.165, 1.54) is 6.33 Å². The summed E-state index contributed by atoms with van der Waals surface area (Å²) in [5.41, 5.74) is 2.11. The Kier molecular flexibility index (Phi) is 7.63. The average molecular weight is 519 g/mol. The first-order valence-corrected chi connectivity index (χ1v) is 12.0. The van der Waals surface area contributed by atoms with E-state index in [1.54, 1.807) is 42.5 Å². The molecule has 2 N–H and O–H groups in total. The van der Waals surface area contributed by atoms with Gasteiger partial charge in [-0.15, -0.1) is 0 Å². The van der Waals surface area contributed by atoms with E-state index < -0.39 is 22.7 Å². The lowest BCUT2D eigenvalue weighted by atomic mass is 10.3. The maximum Gasteiger partial charge on any atom is 0.231 e. The second-order valence-corrected chi connectivity index (χ2v) is 8.83. The Morgan fingerprint density at radius 3 is 2.76 bits per heavy atom. The summed E-state index contributed by atoms with van der Waals surface area (Å²) in [6, 6.07) is 14.1. The number of fused-ring (bicyclic) bond motifs is 1. The van der Waals surface area contributed by atoms with E-state index in [2.05, 4.69) is 20.6 Å². The maximum absolute atomic E-state index is 11.6. The van der Waals surface area contributed by atoms with Crippen LogP contribution in [0.2, 0.25) is 10.0 Å². The van der Waals surface area contributed by atoms with Crippen LogP contribution in [-0.2, 0) is 22.4 Å². The van der Waals surface area contributed by atoms with Gasteiger partial charge in [0.2, 0.25) is 5.91 Å². The van der Waals surface area contributed by atoms with Crippen molar-refractivity contribution in [3.8, 4) is 11.5 Å². The van der Waals surface area contributed by atoms with E-state index in [1.807, 2.05) is 16.8 Å². The van der Waals surface area contributed by atoms with E-state index in [9.17, 15) is 13.6 Å². The number of aromatic nitrogens is 3. The number of anilines is 2. The van der Waals surface area contributed by atoms with Crippen LogP contribution in [-0.4, -0.2) is 41.5 Å². The molecule has 4 aromatic rings. The number of benzene rings is 2. The zero-order valence-corrected chi connectivity index (χ0v) is 19.9. The molecule has 0 saturated heterocycles. The lowest BCUT2D eigenvalue weighted by Gasteiger charge is -2.13. The van der Waals surface area contributed by atoms with Gasteiger partial charge in [-0.05, 0) is 53.5 Å². The van der Waals surface area contributed by atoms with Gasteiger partial charge in [0.1, 0.15) is 23.3 Å². The van der Waals surface area contributed by atoms with Crippen molar-refractivity contribution in [3.63, 3.8) is 0 Å². The smallest absolute Gasteiger partial charge is 0.231 e. The largest absolute Gasteiger partial charge is 0.772 e. The van der Waals surface area contributed by atoms with Gasteiger partial charge in [-0.2, -0.15) is 0 Å². The summed E-state index contributed by atoms with van der Waals surface area (Å²) in [5.74, 6) is 0.454. The van der Waals surface area contributed by atoms with Crippen LogP contribution >= 0.6 is 23.2 Å². The molecule has 2 aromatic carbocycles. The van der Waals surface area contributed by atoms with Gasteiger partial charge in [-0.25, -0.2) is 9.97 Å². The highest BCUT2D eigenvalue weighted by molar-refractivity contribution is 7.79. The molecule has 2 aromatic heterocycles. The van der Waals surface area contributed by atoms with Gasteiger partial charge < -0.3 is 24.5 Å². The van der Waals surface area contributed by atoms with Crippen LogP contribution in [0.4, 0.5) is 11.5 Å². The molecule has 0 spiro atoms. The number of carbonyl (C=O) groups is 1. The van der Waals surface area contributed by atoms with Crippen LogP contribution in [0.5, 0.6) is 11.5 Å². The third-order valence-electron chi connectivity index (χ3n) is 4.69. The van der Waals surface area contributed by atoms with Gasteiger partial charge in [0.05, 0.1) is 16.3 Å². The minimum atomic E-state index is -2.43. The fourth-order valence-corrected chi connectivity index (χ4v) is 3.96. The van der Waals surface area contributed by atoms with Crippen LogP contribution in [0.15, 0.2) is 61.1 Å². The molecule has 12 heteroatoms. The summed E-state index contributed by atoms with van der Waals surface area (Å²) in [5, 5.41) is 6.76. The molecule has 4 rings (SSSR count).